The van der Waals surface area contributed by atoms with Crippen LogP contribution in [0.3, 0.4) is 0 Å². The highest BCUT2D eigenvalue weighted by Gasteiger charge is 2.08. The van der Waals surface area contributed by atoms with E-state index in [1.54, 1.807) is 12.1 Å². The Morgan fingerprint density at radius 2 is 1.74 bits per heavy atom. The van der Waals surface area contributed by atoms with Crippen LogP contribution in [0.4, 0.5) is 4.39 Å². The standard InChI is InChI=1S/C16H14FNO/c17-15-7-2-1-4-13(15)10-18-9-8-12-5-3-6-14(11-19)16(12)18/h1-9,19H,10-11H2. The number of halogens is 1. The van der Waals surface area contributed by atoms with Gasteiger partial charge in [-0.2, -0.15) is 0 Å². The van der Waals surface area contributed by atoms with Crippen LogP contribution in [0, 0.1) is 5.82 Å². The van der Waals surface area contributed by atoms with E-state index in [4.69, 9.17) is 0 Å². The second kappa shape index (κ2) is 4.86. The summed E-state index contributed by atoms with van der Waals surface area (Å²) >= 11 is 0. The molecule has 3 rings (SSSR count). The average molecular weight is 255 g/mol. The molecule has 0 saturated carbocycles. The normalized spacial score (nSPS) is 11.1. The third-order valence-corrected chi connectivity index (χ3v) is 3.34. The Morgan fingerprint density at radius 1 is 0.947 bits per heavy atom. The third kappa shape index (κ3) is 2.13. The number of hydrogen-bond donors (Lipinski definition) is 1. The molecule has 0 spiro atoms. The molecule has 3 aromatic rings. The monoisotopic (exact) mass is 255 g/mol. The molecule has 2 nitrogen and oxygen atoms in total. The summed E-state index contributed by atoms with van der Waals surface area (Å²) in [6.45, 7) is 0.450. The third-order valence-electron chi connectivity index (χ3n) is 3.34. The summed E-state index contributed by atoms with van der Waals surface area (Å²) in [7, 11) is 0. The highest BCUT2D eigenvalue weighted by Crippen LogP contribution is 2.22. The molecule has 0 aliphatic carbocycles. The first-order chi connectivity index (χ1) is 9.29. The first kappa shape index (κ1) is 11.9. The van der Waals surface area contributed by atoms with Crippen molar-refractivity contribution < 1.29 is 9.50 Å². The van der Waals surface area contributed by atoms with Crippen LogP contribution >= 0.6 is 0 Å². The van der Waals surface area contributed by atoms with Crippen LogP contribution in [0.2, 0.25) is 0 Å². The lowest BCUT2D eigenvalue weighted by molar-refractivity contribution is 0.283. The summed E-state index contributed by atoms with van der Waals surface area (Å²) in [5, 5.41) is 10.5. The molecule has 0 radical (unpaired) electrons. The topological polar surface area (TPSA) is 25.2 Å². The molecule has 0 atom stereocenters. The maximum absolute atomic E-state index is 13.7. The molecule has 1 heterocycles. The second-order valence-electron chi connectivity index (χ2n) is 4.55. The summed E-state index contributed by atoms with van der Waals surface area (Å²) in [5.41, 5.74) is 2.47. The number of aromatic nitrogens is 1. The molecule has 0 amide bonds. The molecule has 2 aromatic carbocycles. The molecule has 96 valence electrons. The predicted octanol–water partition coefficient (Wildman–Crippen LogP) is 3.32. The number of para-hydroxylation sites is 1. The van der Waals surface area contributed by atoms with Gasteiger partial charge in [0.05, 0.1) is 18.7 Å². The summed E-state index contributed by atoms with van der Waals surface area (Å²) in [5.74, 6) is -0.203. The number of hydrogen-bond acceptors (Lipinski definition) is 1. The number of rotatable bonds is 3. The van der Waals surface area contributed by atoms with Gasteiger partial charge in [0.25, 0.3) is 0 Å². The predicted molar refractivity (Wildman–Crippen MR) is 73.4 cm³/mol. The van der Waals surface area contributed by atoms with E-state index >= 15 is 0 Å². The molecular formula is C16H14FNO. The summed E-state index contributed by atoms with van der Waals surface area (Å²) < 4.78 is 15.7. The van der Waals surface area contributed by atoms with Crippen molar-refractivity contribution >= 4 is 10.9 Å². The van der Waals surface area contributed by atoms with E-state index in [1.165, 1.54) is 6.07 Å². The molecule has 1 N–H and O–H groups in total. The van der Waals surface area contributed by atoms with Crippen LogP contribution in [0.5, 0.6) is 0 Å². The Hall–Kier alpha value is -2.13. The molecule has 0 aliphatic heterocycles. The maximum atomic E-state index is 13.7. The van der Waals surface area contributed by atoms with Gasteiger partial charge in [-0.1, -0.05) is 36.4 Å². The quantitative estimate of drug-likeness (QED) is 0.763. The molecule has 19 heavy (non-hydrogen) atoms. The lowest BCUT2D eigenvalue weighted by atomic mass is 10.1. The van der Waals surface area contributed by atoms with Gasteiger partial charge in [0.2, 0.25) is 0 Å². The fourth-order valence-electron chi connectivity index (χ4n) is 2.41. The van der Waals surface area contributed by atoms with Crippen LogP contribution in [0.1, 0.15) is 11.1 Å². The van der Waals surface area contributed by atoms with E-state index in [-0.39, 0.29) is 12.4 Å². The van der Waals surface area contributed by atoms with E-state index in [0.29, 0.717) is 12.1 Å². The van der Waals surface area contributed by atoms with Crippen molar-refractivity contribution in [1.29, 1.82) is 0 Å². The number of aliphatic hydroxyl groups excluding tert-OH is 1. The molecule has 0 bridgehead atoms. The second-order valence-corrected chi connectivity index (χ2v) is 4.55. The van der Waals surface area contributed by atoms with E-state index in [2.05, 4.69) is 0 Å². The van der Waals surface area contributed by atoms with Gasteiger partial charge in [0.1, 0.15) is 5.82 Å². The highest BCUT2D eigenvalue weighted by atomic mass is 19.1. The van der Waals surface area contributed by atoms with Crippen LogP contribution in [0.25, 0.3) is 10.9 Å². The van der Waals surface area contributed by atoms with Crippen molar-refractivity contribution in [3.8, 4) is 0 Å². The van der Waals surface area contributed by atoms with Gasteiger partial charge < -0.3 is 9.67 Å². The summed E-state index contributed by atoms with van der Waals surface area (Å²) in [6.07, 6.45) is 1.93. The number of aliphatic hydroxyl groups is 1. The fourth-order valence-corrected chi connectivity index (χ4v) is 2.41. The molecule has 1 aromatic heterocycles. The zero-order valence-corrected chi connectivity index (χ0v) is 10.4. The van der Waals surface area contributed by atoms with Crippen molar-refractivity contribution in [2.24, 2.45) is 0 Å². The van der Waals surface area contributed by atoms with Crippen molar-refractivity contribution in [3.05, 3.63) is 71.7 Å². The van der Waals surface area contributed by atoms with E-state index < -0.39 is 0 Å². The highest BCUT2D eigenvalue weighted by molar-refractivity contribution is 5.83. The fraction of sp³-hybridized carbons (Fsp3) is 0.125. The lowest BCUT2D eigenvalue weighted by Gasteiger charge is -2.09. The van der Waals surface area contributed by atoms with Crippen molar-refractivity contribution in [1.82, 2.24) is 4.57 Å². The summed E-state index contributed by atoms with van der Waals surface area (Å²) in [6, 6.07) is 14.5. The van der Waals surface area contributed by atoms with E-state index in [1.807, 2.05) is 41.1 Å². The van der Waals surface area contributed by atoms with Crippen molar-refractivity contribution in [2.75, 3.05) is 0 Å². The molecule has 0 unspecified atom stereocenters. The molecule has 0 saturated heterocycles. The van der Waals surface area contributed by atoms with Crippen LogP contribution < -0.4 is 0 Å². The zero-order valence-electron chi connectivity index (χ0n) is 10.4. The molecule has 3 heteroatoms. The van der Waals surface area contributed by atoms with Gasteiger partial charge in [-0.25, -0.2) is 4.39 Å². The maximum Gasteiger partial charge on any atom is 0.128 e. The van der Waals surface area contributed by atoms with Gasteiger partial charge in [-0.05, 0) is 17.5 Å². The Bertz CT molecular complexity index is 718. The van der Waals surface area contributed by atoms with Crippen LogP contribution in [0.15, 0.2) is 54.7 Å². The van der Waals surface area contributed by atoms with E-state index in [0.717, 1.165) is 16.5 Å². The van der Waals surface area contributed by atoms with Gasteiger partial charge in [-0.15, -0.1) is 0 Å². The minimum atomic E-state index is -0.203. The Morgan fingerprint density at radius 3 is 2.53 bits per heavy atom. The SMILES string of the molecule is OCc1cccc2ccn(Cc3ccccc3F)c12. The van der Waals surface area contributed by atoms with Gasteiger partial charge in [0, 0.05) is 17.3 Å². The smallest absolute Gasteiger partial charge is 0.128 e. The Kier molecular flexibility index (Phi) is 3.05. The summed E-state index contributed by atoms with van der Waals surface area (Å²) in [4.78, 5) is 0. The largest absolute Gasteiger partial charge is 0.392 e. The molecule has 0 fully saturated rings. The number of benzene rings is 2. The van der Waals surface area contributed by atoms with Crippen molar-refractivity contribution in [2.45, 2.75) is 13.2 Å². The lowest BCUT2D eigenvalue weighted by Crippen LogP contribution is -2.02. The van der Waals surface area contributed by atoms with Gasteiger partial charge in [0.15, 0.2) is 0 Å². The minimum Gasteiger partial charge on any atom is -0.392 e. The minimum absolute atomic E-state index is 0.0153. The van der Waals surface area contributed by atoms with Crippen LogP contribution in [-0.4, -0.2) is 9.67 Å². The Balaban J connectivity index is 2.09. The zero-order chi connectivity index (χ0) is 13.2. The molecule has 0 aliphatic rings. The Labute approximate surface area is 110 Å². The van der Waals surface area contributed by atoms with Gasteiger partial charge in [-0.3, -0.25) is 0 Å². The average Bonchev–Trinajstić information content (AvgIpc) is 2.85. The van der Waals surface area contributed by atoms with Crippen LogP contribution in [-0.2, 0) is 13.2 Å². The first-order valence-electron chi connectivity index (χ1n) is 6.20. The first-order valence-corrected chi connectivity index (χ1v) is 6.20. The van der Waals surface area contributed by atoms with Crippen molar-refractivity contribution in [3.63, 3.8) is 0 Å². The number of nitrogens with zero attached hydrogens (tertiary/aromatic N) is 1. The van der Waals surface area contributed by atoms with Gasteiger partial charge >= 0.3 is 0 Å². The molecular weight excluding hydrogens is 241 g/mol. The van der Waals surface area contributed by atoms with E-state index in [9.17, 15) is 9.50 Å². The number of fused-ring (bicyclic) bond motifs is 1.